The average Bonchev–Trinajstić information content (AvgIpc) is 2.01. The standard InChI is InChI=1S/C12H27NO2/c1-11(2,3)14-9-7-12(4,5)15-10-8-13-6/h13H,7-10H2,1-6H3. The summed E-state index contributed by atoms with van der Waals surface area (Å²) < 4.78 is 11.4. The SMILES string of the molecule is CNCCOC(C)(C)CCOC(C)(C)C. The van der Waals surface area contributed by atoms with Crippen LogP contribution in [0.15, 0.2) is 0 Å². The van der Waals surface area contributed by atoms with Crippen molar-refractivity contribution in [2.75, 3.05) is 26.8 Å². The van der Waals surface area contributed by atoms with E-state index in [1.165, 1.54) is 0 Å². The molecule has 0 aromatic rings. The molecular weight excluding hydrogens is 190 g/mol. The van der Waals surface area contributed by atoms with Crippen molar-refractivity contribution in [3.63, 3.8) is 0 Å². The molecule has 0 spiro atoms. The van der Waals surface area contributed by atoms with Gasteiger partial charge in [0, 0.05) is 13.2 Å². The maximum absolute atomic E-state index is 5.74. The van der Waals surface area contributed by atoms with Crippen LogP contribution in [0.1, 0.15) is 41.0 Å². The first kappa shape index (κ1) is 14.9. The maximum Gasteiger partial charge on any atom is 0.0649 e. The molecule has 0 rings (SSSR count). The molecule has 0 unspecified atom stereocenters. The van der Waals surface area contributed by atoms with Crippen LogP contribution >= 0.6 is 0 Å². The molecule has 15 heavy (non-hydrogen) atoms. The third-order valence-electron chi connectivity index (χ3n) is 2.08. The van der Waals surface area contributed by atoms with Crippen molar-refractivity contribution in [2.45, 2.75) is 52.2 Å². The minimum absolute atomic E-state index is 0.0545. The van der Waals surface area contributed by atoms with E-state index in [4.69, 9.17) is 9.47 Å². The molecule has 0 aliphatic heterocycles. The van der Waals surface area contributed by atoms with E-state index < -0.39 is 0 Å². The van der Waals surface area contributed by atoms with Crippen LogP contribution in [0.5, 0.6) is 0 Å². The van der Waals surface area contributed by atoms with Gasteiger partial charge in [0.1, 0.15) is 0 Å². The van der Waals surface area contributed by atoms with Gasteiger partial charge in [-0.3, -0.25) is 0 Å². The number of hydrogen-bond acceptors (Lipinski definition) is 3. The van der Waals surface area contributed by atoms with Crippen LogP contribution in [-0.4, -0.2) is 38.0 Å². The lowest BCUT2D eigenvalue weighted by molar-refractivity contribution is -0.0651. The molecule has 0 aliphatic carbocycles. The van der Waals surface area contributed by atoms with Gasteiger partial charge in [0.05, 0.1) is 17.8 Å². The molecule has 1 N–H and O–H groups in total. The lowest BCUT2D eigenvalue weighted by atomic mass is 10.1. The molecule has 0 aliphatic rings. The fourth-order valence-electron chi connectivity index (χ4n) is 1.10. The van der Waals surface area contributed by atoms with E-state index in [9.17, 15) is 0 Å². The van der Waals surface area contributed by atoms with E-state index in [2.05, 4.69) is 39.9 Å². The molecule has 0 heterocycles. The van der Waals surface area contributed by atoms with Crippen LogP contribution in [0.4, 0.5) is 0 Å². The summed E-state index contributed by atoms with van der Waals surface area (Å²) in [5.41, 5.74) is -0.150. The maximum atomic E-state index is 5.74. The summed E-state index contributed by atoms with van der Waals surface area (Å²) in [6, 6.07) is 0. The number of rotatable bonds is 7. The largest absolute Gasteiger partial charge is 0.376 e. The first-order valence-electron chi connectivity index (χ1n) is 5.69. The normalized spacial score (nSPS) is 13.2. The van der Waals surface area contributed by atoms with E-state index in [1.54, 1.807) is 0 Å². The second-order valence-electron chi connectivity index (χ2n) is 5.42. The van der Waals surface area contributed by atoms with Crippen molar-refractivity contribution in [2.24, 2.45) is 0 Å². The Labute approximate surface area is 94.5 Å². The fraction of sp³-hybridized carbons (Fsp3) is 1.00. The Balaban J connectivity index is 3.64. The molecule has 0 bridgehead atoms. The van der Waals surface area contributed by atoms with Crippen molar-refractivity contribution in [1.29, 1.82) is 0 Å². The van der Waals surface area contributed by atoms with Gasteiger partial charge in [0.15, 0.2) is 0 Å². The van der Waals surface area contributed by atoms with Crippen LogP contribution in [0, 0.1) is 0 Å². The first-order chi connectivity index (χ1) is 6.77. The predicted molar refractivity (Wildman–Crippen MR) is 64.3 cm³/mol. The fourth-order valence-corrected chi connectivity index (χ4v) is 1.10. The molecule has 0 saturated carbocycles. The van der Waals surface area contributed by atoms with Crippen LogP contribution in [0.25, 0.3) is 0 Å². The minimum atomic E-state index is -0.0951. The second-order valence-corrected chi connectivity index (χ2v) is 5.42. The van der Waals surface area contributed by atoms with E-state index >= 15 is 0 Å². The second kappa shape index (κ2) is 6.46. The zero-order valence-electron chi connectivity index (χ0n) is 11.1. The lowest BCUT2D eigenvalue weighted by Crippen LogP contribution is -2.31. The molecule has 0 fully saturated rings. The summed E-state index contributed by atoms with van der Waals surface area (Å²) in [5.74, 6) is 0. The summed E-state index contributed by atoms with van der Waals surface area (Å²) in [5, 5.41) is 3.06. The topological polar surface area (TPSA) is 30.5 Å². The number of ether oxygens (including phenoxy) is 2. The Morgan fingerprint density at radius 3 is 2.00 bits per heavy atom. The summed E-state index contributed by atoms with van der Waals surface area (Å²) >= 11 is 0. The van der Waals surface area contributed by atoms with E-state index in [0.717, 1.165) is 26.2 Å². The van der Waals surface area contributed by atoms with Gasteiger partial charge in [0.25, 0.3) is 0 Å². The smallest absolute Gasteiger partial charge is 0.0649 e. The van der Waals surface area contributed by atoms with E-state index in [1.807, 2.05) is 7.05 Å². The van der Waals surface area contributed by atoms with Gasteiger partial charge in [-0.15, -0.1) is 0 Å². The van der Waals surface area contributed by atoms with Gasteiger partial charge >= 0.3 is 0 Å². The van der Waals surface area contributed by atoms with Crippen molar-refractivity contribution in [3.8, 4) is 0 Å². The number of likely N-dealkylation sites (N-methyl/N-ethyl adjacent to an activating group) is 1. The quantitative estimate of drug-likeness (QED) is 0.663. The van der Waals surface area contributed by atoms with Gasteiger partial charge in [-0.1, -0.05) is 0 Å². The molecule has 0 atom stereocenters. The molecule has 0 radical (unpaired) electrons. The van der Waals surface area contributed by atoms with Gasteiger partial charge in [-0.05, 0) is 48.1 Å². The molecule has 0 saturated heterocycles. The van der Waals surface area contributed by atoms with Crippen molar-refractivity contribution < 1.29 is 9.47 Å². The predicted octanol–water partition coefficient (Wildman–Crippen LogP) is 2.21. The molecular formula is C12H27NO2. The van der Waals surface area contributed by atoms with Crippen LogP contribution in [0.2, 0.25) is 0 Å². The Bertz CT molecular complexity index is 161. The number of nitrogens with one attached hydrogen (secondary N) is 1. The minimum Gasteiger partial charge on any atom is -0.376 e. The van der Waals surface area contributed by atoms with Crippen molar-refractivity contribution in [1.82, 2.24) is 5.32 Å². The molecule has 0 amide bonds. The van der Waals surface area contributed by atoms with Crippen LogP contribution in [0.3, 0.4) is 0 Å². The molecule has 92 valence electrons. The van der Waals surface area contributed by atoms with E-state index in [0.29, 0.717) is 0 Å². The highest BCUT2D eigenvalue weighted by atomic mass is 16.5. The molecule has 3 nitrogen and oxygen atoms in total. The van der Waals surface area contributed by atoms with Gasteiger partial charge in [-0.25, -0.2) is 0 Å². The average molecular weight is 217 g/mol. The Morgan fingerprint density at radius 2 is 1.53 bits per heavy atom. The van der Waals surface area contributed by atoms with Crippen LogP contribution < -0.4 is 5.32 Å². The highest BCUT2D eigenvalue weighted by Gasteiger charge is 2.19. The molecule has 3 heteroatoms. The summed E-state index contributed by atoms with van der Waals surface area (Å²) in [6.45, 7) is 12.8. The Morgan fingerprint density at radius 1 is 0.933 bits per heavy atom. The summed E-state index contributed by atoms with van der Waals surface area (Å²) in [6.07, 6.45) is 0.925. The summed E-state index contributed by atoms with van der Waals surface area (Å²) in [4.78, 5) is 0. The zero-order chi connectivity index (χ0) is 11.9. The van der Waals surface area contributed by atoms with Gasteiger partial charge < -0.3 is 14.8 Å². The highest BCUT2D eigenvalue weighted by molar-refractivity contribution is 4.69. The van der Waals surface area contributed by atoms with Crippen molar-refractivity contribution in [3.05, 3.63) is 0 Å². The third kappa shape index (κ3) is 10.2. The lowest BCUT2D eigenvalue weighted by Gasteiger charge is -2.27. The van der Waals surface area contributed by atoms with Crippen molar-refractivity contribution >= 4 is 0 Å². The zero-order valence-corrected chi connectivity index (χ0v) is 11.1. The highest BCUT2D eigenvalue weighted by Crippen LogP contribution is 2.16. The van der Waals surface area contributed by atoms with Gasteiger partial charge in [-0.2, -0.15) is 0 Å². The molecule has 0 aromatic heterocycles. The number of hydrogen-bond donors (Lipinski definition) is 1. The first-order valence-corrected chi connectivity index (χ1v) is 5.69. The monoisotopic (exact) mass is 217 g/mol. The summed E-state index contributed by atoms with van der Waals surface area (Å²) in [7, 11) is 1.93. The van der Waals surface area contributed by atoms with Crippen LogP contribution in [-0.2, 0) is 9.47 Å². The third-order valence-corrected chi connectivity index (χ3v) is 2.08. The van der Waals surface area contributed by atoms with Gasteiger partial charge in [0.2, 0.25) is 0 Å². The van der Waals surface area contributed by atoms with E-state index in [-0.39, 0.29) is 11.2 Å². The Kier molecular flexibility index (Phi) is 6.41. The molecule has 0 aromatic carbocycles. The Hall–Kier alpha value is -0.120.